The van der Waals surface area contributed by atoms with Crippen molar-refractivity contribution in [3.8, 4) is 0 Å². The van der Waals surface area contributed by atoms with Crippen LogP contribution in [0, 0.1) is 5.92 Å². The first-order valence-electron chi connectivity index (χ1n) is 11.2. The molecule has 0 saturated heterocycles. The van der Waals surface area contributed by atoms with Gasteiger partial charge in [-0.15, -0.1) is 10.2 Å². The molecule has 0 aliphatic carbocycles. The third kappa shape index (κ3) is 5.66. The van der Waals surface area contributed by atoms with E-state index in [0.29, 0.717) is 21.6 Å². The van der Waals surface area contributed by atoms with Crippen LogP contribution in [0.3, 0.4) is 0 Å². The van der Waals surface area contributed by atoms with Gasteiger partial charge in [-0.25, -0.2) is 0 Å². The summed E-state index contributed by atoms with van der Waals surface area (Å²) in [6.07, 6.45) is 0. The van der Waals surface area contributed by atoms with Crippen LogP contribution in [-0.2, 0) is 11.8 Å². The zero-order valence-corrected chi connectivity index (χ0v) is 21.2. The molecule has 0 saturated carbocycles. The lowest BCUT2D eigenvalue weighted by Crippen LogP contribution is -2.33. The van der Waals surface area contributed by atoms with Gasteiger partial charge in [-0.2, -0.15) is 0 Å². The quantitative estimate of drug-likeness (QED) is 0.308. The molecule has 2 amide bonds. The van der Waals surface area contributed by atoms with Gasteiger partial charge in [-0.3, -0.25) is 9.59 Å². The van der Waals surface area contributed by atoms with Gasteiger partial charge in [0.05, 0.1) is 22.4 Å². The van der Waals surface area contributed by atoms with Gasteiger partial charge in [-0.1, -0.05) is 85.7 Å². The lowest BCUT2D eigenvalue weighted by molar-refractivity contribution is -0.113. The zero-order chi connectivity index (χ0) is 24.9. The van der Waals surface area contributed by atoms with Crippen LogP contribution in [0.15, 0.2) is 71.9 Å². The Labute approximate surface area is 213 Å². The molecule has 7 nitrogen and oxygen atoms in total. The number of carbonyl (C=O) groups excluding carboxylic acids is 2. The molecule has 0 spiro atoms. The highest BCUT2D eigenvalue weighted by molar-refractivity contribution is 7.99. The largest absolute Gasteiger partial charge is 0.342 e. The molecular weight excluding hydrogens is 482 g/mol. The summed E-state index contributed by atoms with van der Waals surface area (Å²) < 4.78 is 1.81. The van der Waals surface area contributed by atoms with Gasteiger partial charge in [0.15, 0.2) is 11.0 Å². The maximum absolute atomic E-state index is 12.8. The smallest absolute Gasteiger partial charge is 0.253 e. The molecule has 4 aromatic rings. The number of halogens is 1. The van der Waals surface area contributed by atoms with Crippen molar-refractivity contribution >= 4 is 51.6 Å². The van der Waals surface area contributed by atoms with Crippen LogP contribution in [0.5, 0.6) is 0 Å². The Bertz CT molecular complexity index is 1370. The summed E-state index contributed by atoms with van der Waals surface area (Å²) in [5, 5.41) is 17.6. The monoisotopic (exact) mass is 507 g/mol. The van der Waals surface area contributed by atoms with Gasteiger partial charge in [-0.05, 0) is 29.5 Å². The van der Waals surface area contributed by atoms with Crippen LogP contribution in [-0.4, -0.2) is 32.3 Å². The summed E-state index contributed by atoms with van der Waals surface area (Å²) in [7, 11) is 1.83. The first kappa shape index (κ1) is 24.8. The van der Waals surface area contributed by atoms with Crippen LogP contribution >= 0.6 is 23.4 Å². The average Bonchev–Trinajstić information content (AvgIpc) is 3.21. The first-order valence-corrected chi connectivity index (χ1v) is 12.6. The Morgan fingerprint density at radius 2 is 1.71 bits per heavy atom. The number of hydrogen-bond donors (Lipinski definition) is 2. The summed E-state index contributed by atoms with van der Waals surface area (Å²) in [5.74, 6) is 0.423. The number of thioether (sulfide) groups is 1. The Balaban J connectivity index is 1.44. The average molecular weight is 508 g/mol. The topological polar surface area (TPSA) is 88.9 Å². The molecule has 180 valence electrons. The highest BCUT2D eigenvalue weighted by atomic mass is 35.5. The fourth-order valence-electron chi connectivity index (χ4n) is 3.77. The van der Waals surface area contributed by atoms with Crippen molar-refractivity contribution in [1.29, 1.82) is 0 Å². The summed E-state index contributed by atoms with van der Waals surface area (Å²) in [5.41, 5.74) is 1.18. The van der Waals surface area contributed by atoms with E-state index in [0.717, 1.165) is 16.5 Å². The molecule has 4 rings (SSSR count). The number of hydrogen-bond acceptors (Lipinski definition) is 5. The highest BCUT2D eigenvalue weighted by Gasteiger charge is 2.26. The number of nitrogens with zero attached hydrogens (tertiary/aromatic N) is 3. The predicted octanol–water partition coefficient (Wildman–Crippen LogP) is 5.48. The van der Waals surface area contributed by atoms with Gasteiger partial charge in [0.2, 0.25) is 5.91 Å². The van der Waals surface area contributed by atoms with E-state index < -0.39 is 0 Å². The lowest BCUT2D eigenvalue weighted by Gasteiger charge is -2.22. The lowest BCUT2D eigenvalue weighted by atomic mass is 10.0. The fourth-order valence-corrected chi connectivity index (χ4v) is 4.71. The molecular formula is C26H26ClN5O2S. The molecule has 0 aliphatic heterocycles. The van der Waals surface area contributed by atoms with Gasteiger partial charge in [0.1, 0.15) is 0 Å². The summed E-state index contributed by atoms with van der Waals surface area (Å²) in [6.45, 7) is 3.99. The van der Waals surface area contributed by atoms with Crippen LogP contribution in [0.25, 0.3) is 10.8 Å². The second-order valence-corrected chi connectivity index (χ2v) is 9.79. The Morgan fingerprint density at radius 3 is 2.49 bits per heavy atom. The van der Waals surface area contributed by atoms with Crippen molar-refractivity contribution in [1.82, 2.24) is 20.1 Å². The van der Waals surface area contributed by atoms with Gasteiger partial charge in [0, 0.05) is 18.1 Å². The molecule has 0 fully saturated rings. The van der Waals surface area contributed by atoms with Crippen molar-refractivity contribution < 1.29 is 9.59 Å². The third-order valence-electron chi connectivity index (χ3n) is 5.61. The summed E-state index contributed by atoms with van der Waals surface area (Å²) in [4.78, 5) is 25.5. The standard InChI is InChI=1S/C26H26ClN5O2S/c1-16(2)23(29-25(34)19-12-6-7-13-20(19)27)24-30-31-26(32(24)3)35-15-22(33)28-21-14-8-10-17-9-4-5-11-18(17)21/h4-14,16,23H,15H2,1-3H3,(H,28,33)(H,29,34)/t23-/m0/s1. The minimum atomic E-state index is -0.380. The molecule has 35 heavy (non-hydrogen) atoms. The van der Waals surface area contributed by atoms with Crippen molar-refractivity contribution in [3.63, 3.8) is 0 Å². The minimum absolute atomic E-state index is 0.0526. The Kier molecular flexibility index (Phi) is 7.73. The first-order chi connectivity index (χ1) is 16.8. The number of amides is 2. The molecule has 2 N–H and O–H groups in total. The van der Waals surface area contributed by atoms with E-state index in [4.69, 9.17) is 11.6 Å². The molecule has 0 unspecified atom stereocenters. The van der Waals surface area contributed by atoms with E-state index in [2.05, 4.69) is 20.8 Å². The molecule has 1 aromatic heterocycles. The fraction of sp³-hybridized carbons (Fsp3) is 0.231. The van der Waals surface area contributed by atoms with Crippen LogP contribution in [0.1, 0.15) is 36.1 Å². The minimum Gasteiger partial charge on any atom is -0.342 e. The molecule has 1 atom stereocenters. The second-order valence-electron chi connectivity index (χ2n) is 8.44. The van der Waals surface area contributed by atoms with Gasteiger partial charge >= 0.3 is 0 Å². The van der Waals surface area contributed by atoms with E-state index >= 15 is 0 Å². The Morgan fingerprint density at radius 1 is 1.00 bits per heavy atom. The van der Waals surface area contributed by atoms with E-state index in [1.54, 1.807) is 24.3 Å². The SMILES string of the molecule is CC(C)[C@H](NC(=O)c1ccccc1Cl)c1nnc(SCC(=O)Nc2cccc3ccccc23)n1C. The number of carbonyl (C=O) groups is 2. The van der Waals surface area contributed by atoms with E-state index in [-0.39, 0.29) is 29.5 Å². The third-order valence-corrected chi connectivity index (χ3v) is 6.96. The molecule has 1 heterocycles. The highest BCUT2D eigenvalue weighted by Crippen LogP contribution is 2.26. The molecule has 0 aliphatic rings. The van der Waals surface area contributed by atoms with E-state index in [1.165, 1.54) is 11.8 Å². The molecule has 9 heteroatoms. The van der Waals surface area contributed by atoms with E-state index in [1.807, 2.05) is 67.9 Å². The number of anilines is 1. The number of fused-ring (bicyclic) bond motifs is 1. The molecule has 3 aromatic carbocycles. The Hall–Kier alpha value is -3.36. The van der Waals surface area contributed by atoms with Gasteiger partial charge < -0.3 is 15.2 Å². The molecule has 0 radical (unpaired) electrons. The number of nitrogens with one attached hydrogen (secondary N) is 2. The maximum atomic E-state index is 12.8. The second kappa shape index (κ2) is 10.9. The van der Waals surface area contributed by atoms with Crippen LogP contribution < -0.4 is 10.6 Å². The number of benzene rings is 3. The van der Waals surface area contributed by atoms with Crippen LogP contribution in [0.4, 0.5) is 5.69 Å². The summed E-state index contributed by atoms with van der Waals surface area (Å²) >= 11 is 7.48. The van der Waals surface area contributed by atoms with Crippen molar-refractivity contribution in [2.45, 2.75) is 25.0 Å². The van der Waals surface area contributed by atoms with Crippen molar-refractivity contribution in [2.24, 2.45) is 13.0 Å². The normalized spacial score (nSPS) is 12.0. The van der Waals surface area contributed by atoms with Gasteiger partial charge in [0.25, 0.3) is 5.91 Å². The summed E-state index contributed by atoms with van der Waals surface area (Å²) in [6, 6.07) is 20.3. The molecule has 0 bridgehead atoms. The van der Waals surface area contributed by atoms with Crippen LogP contribution in [0.2, 0.25) is 5.02 Å². The van der Waals surface area contributed by atoms with Crippen molar-refractivity contribution in [3.05, 3.63) is 83.1 Å². The number of aromatic nitrogens is 3. The number of rotatable bonds is 8. The van der Waals surface area contributed by atoms with Crippen molar-refractivity contribution in [2.75, 3.05) is 11.1 Å². The maximum Gasteiger partial charge on any atom is 0.253 e. The predicted molar refractivity (Wildman–Crippen MR) is 141 cm³/mol. The zero-order valence-electron chi connectivity index (χ0n) is 19.7. The van der Waals surface area contributed by atoms with E-state index in [9.17, 15) is 9.59 Å².